The van der Waals surface area contributed by atoms with E-state index in [1.54, 1.807) is 30.0 Å². The van der Waals surface area contributed by atoms with Crippen molar-refractivity contribution in [2.75, 3.05) is 6.54 Å². The maximum Gasteiger partial charge on any atom is 0.258 e. The minimum absolute atomic E-state index is 0.0147. The Morgan fingerprint density at radius 2 is 2.10 bits per heavy atom. The summed E-state index contributed by atoms with van der Waals surface area (Å²) >= 11 is 0. The number of amides is 2. The fourth-order valence-electron chi connectivity index (χ4n) is 3.39. The van der Waals surface area contributed by atoms with E-state index in [4.69, 9.17) is 0 Å². The normalized spacial score (nSPS) is 25.2. The number of phenols is 1. The summed E-state index contributed by atoms with van der Waals surface area (Å²) in [4.78, 5) is 26.2. The van der Waals surface area contributed by atoms with E-state index in [1.165, 1.54) is 0 Å². The van der Waals surface area contributed by atoms with E-state index >= 15 is 0 Å². The number of nitrogens with zero attached hydrogens (tertiary/aromatic N) is 1. The molecule has 0 spiro atoms. The molecule has 0 bridgehead atoms. The third-order valence-electron chi connectivity index (χ3n) is 4.52. The van der Waals surface area contributed by atoms with Crippen LogP contribution in [0.25, 0.3) is 0 Å². The lowest BCUT2D eigenvalue weighted by Crippen LogP contribution is -2.62. The molecule has 1 saturated carbocycles. The zero-order valence-corrected chi connectivity index (χ0v) is 12.1. The number of piperazine rings is 1. The smallest absolute Gasteiger partial charge is 0.258 e. The predicted octanol–water partition coefficient (Wildman–Crippen LogP) is 1.58. The van der Waals surface area contributed by atoms with Gasteiger partial charge in [-0.2, -0.15) is 0 Å². The molecule has 5 heteroatoms. The maximum absolute atomic E-state index is 12.8. The van der Waals surface area contributed by atoms with Gasteiger partial charge in [-0.1, -0.05) is 25.0 Å². The average Bonchev–Trinajstić information content (AvgIpc) is 2.48. The molecule has 2 atom stereocenters. The van der Waals surface area contributed by atoms with Crippen molar-refractivity contribution >= 4 is 11.8 Å². The molecule has 3 rings (SSSR count). The van der Waals surface area contributed by atoms with E-state index in [0.29, 0.717) is 5.56 Å². The van der Waals surface area contributed by atoms with Gasteiger partial charge in [-0.25, -0.2) is 0 Å². The molecule has 21 heavy (non-hydrogen) atoms. The van der Waals surface area contributed by atoms with Crippen molar-refractivity contribution in [3.63, 3.8) is 0 Å². The molecule has 5 nitrogen and oxygen atoms in total. The van der Waals surface area contributed by atoms with Crippen molar-refractivity contribution < 1.29 is 14.7 Å². The number of aromatic hydroxyl groups is 1. The Hall–Kier alpha value is -2.04. The van der Waals surface area contributed by atoms with Crippen molar-refractivity contribution in [1.82, 2.24) is 10.2 Å². The number of hydrogen-bond donors (Lipinski definition) is 2. The number of rotatable bonds is 1. The summed E-state index contributed by atoms with van der Waals surface area (Å²) in [6, 6.07) is 5.23. The molecule has 1 aliphatic carbocycles. The quantitative estimate of drug-likeness (QED) is 0.824. The van der Waals surface area contributed by atoms with Gasteiger partial charge >= 0.3 is 0 Å². The van der Waals surface area contributed by atoms with Gasteiger partial charge in [-0.15, -0.1) is 0 Å². The molecule has 2 N–H and O–H groups in total. The van der Waals surface area contributed by atoms with E-state index in [-0.39, 0.29) is 41.8 Å². The molecule has 1 aromatic rings. The Balaban J connectivity index is 1.91. The first-order valence-corrected chi connectivity index (χ1v) is 7.47. The number of carbonyl (C=O) groups excluding carboxylic acids is 2. The lowest BCUT2D eigenvalue weighted by Gasteiger charge is -2.44. The van der Waals surface area contributed by atoms with Gasteiger partial charge in [0.05, 0.1) is 11.6 Å². The van der Waals surface area contributed by atoms with Gasteiger partial charge in [0.1, 0.15) is 12.3 Å². The van der Waals surface area contributed by atoms with Crippen LogP contribution < -0.4 is 5.32 Å². The minimum atomic E-state index is -0.247. The van der Waals surface area contributed by atoms with Crippen molar-refractivity contribution in [3.05, 3.63) is 29.3 Å². The monoisotopic (exact) mass is 288 g/mol. The highest BCUT2D eigenvalue weighted by atomic mass is 16.3. The highest BCUT2D eigenvalue weighted by Crippen LogP contribution is 2.29. The van der Waals surface area contributed by atoms with Gasteiger partial charge in [0.25, 0.3) is 5.91 Å². The van der Waals surface area contributed by atoms with Gasteiger partial charge in [0, 0.05) is 6.04 Å². The van der Waals surface area contributed by atoms with Crippen LogP contribution in [-0.2, 0) is 4.79 Å². The standard InChI is InChI=1S/C16H20N2O3/c1-10-5-4-6-11(15(10)20)16(21)18-9-14(19)17-12-7-2-3-8-13(12)18/h4-6,12-13,20H,2-3,7-9H2,1H3,(H,17,19)/t12-,13+/m0/s1. The van der Waals surface area contributed by atoms with Crippen LogP contribution >= 0.6 is 0 Å². The number of phenolic OH excluding ortho intramolecular Hbond substituents is 1. The minimum Gasteiger partial charge on any atom is -0.507 e. The Morgan fingerprint density at radius 3 is 2.90 bits per heavy atom. The average molecular weight is 288 g/mol. The summed E-state index contributed by atoms with van der Waals surface area (Å²) in [7, 11) is 0. The largest absolute Gasteiger partial charge is 0.507 e. The molecule has 1 aliphatic heterocycles. The van der Waals surface area contributed by atoms with Crippen LogP contribution in [-0.4, -0.2) is 40.4 Å². The molecular weight excluding hydrogens is 268 g/mol. The molecule has 2 fully saturated rings. The summed E-state index contributed by atoms with van der Waals surface area (Å²) in [5.74, 6) is -0.345. The molecule has 0 radical (unpaired) electrons. The number of carbonyl (C=O) groups is 2. The second kappa shape index (κ2) is 5.39. The van der Waals surface area contributed by atoms with E-state index in [1.807, 2.05) is 0 Å². The summed E-state index contributed by atoms with van der Waals surface area (Å²) in [5.41, 5.74) is 0.955. The lowest BCUT2D eigenvalue weighted by molar-refractivity contribution is -0.127. The second-order valence-electron chi connectivity index (χ2n) is 5.93. The molecular formula is C16H20N2O3. The van der Waals surface area contributed by atoms with Gasteiger partial charge in [-0.3, -0.25) is 9.59 Å². The fraction of sp³-hybridized carbons (Fsp3) is 0.500. The van der Waals surface area contributed by atoms with Gasteiger partial charge in [0.15, 0.2) is 0 Å². The molecule has 112 valence electrons. The highest BCUT2D eigenvalue weighted by molar-refractivity contribution is 5.99. The van der Waals surface area contributed by atoms with Crippen LogP contribution in [0.2, 0.25) is 0 Å². The Morgan fingerprint density at radius 1 is 1.33 bits per heavy atom. The van der Waals surface area contributed by atoms with Crippen molar-refractivity contribution in [1.29, 1.82) is 0 Å². The zero-order valence-electron chi connectivity index (χ0n) is 12.1. The molecule has 0 unspecified atom stereocenters. The van der Waals surface area contributed by atoms with Crippen molar-refractivity contribution in [3.8, 4) is 5.75 Å². The first-order chi connectivity index (χ1) is 10.1. The molecule has 2 aliphatic rings. The number of benzene rings is 1. The molecule has 1 saturated heterocycles. The molecule has 0 aromatic heterocycles. The van der Waals surface area contributed by atoms with Crippen molar-refractivity contribution in [2.45, 2.75) is 44.7 Å². The van der Waals surface area contributed by atoms with Crippen LogP contribution in [0.15, 0.2) is 18.2 Å². The number of hydrogen-bond acceptors (Lipinski definition) is 3. The van der Waals surface area contributed by atoms with Crippen LogP contribution in [0.1, 0.15) is 41.6 Å². The lowest BCUT2D eigenvalue weighted by atomic mass is 9.87. The molecule has 1 aromatic carbocycles. The third kappa shape index (κ3) is 2.48. The first kappa shape index (κ1) is 13.9. The molecule has 2 amide bonds. The second-order valence-corrected chi connectivity index (χ2v) is 5.93. The number of nitrogens with one attached hydrogen (secondary N) is 1. The maximum atomic E-state index is 12.8. The summed E-state index contributed by atoms with van der Waals surface area (Å²) in [6.07, 6.45) is 3.98. The number of para-hydroxylation sites is 1. The Kier molecular flexibility index (Phi) is 3.57. The summed E-state index contributed by atoms with van der Waals surface area (Å²) in [5, 5.41) is 13.1. The van der Waals surface area contributed by atoms with Gasteiger partial charge in [-0.05, 0) is 31.4 Å². The van der Waals surface area contributed by atoms with E-state index in [2.05, 4.69) is 5.32 Å². The Labute approximate surface area is 123 Å². The van der Waals surface area contributed by atoms with Crippen LogP contribution in [0.3, 0.4) is 0 Å². The van der Waals surface area contributed by atoms with Crippen LogP contribution in [0.5, 0.6) is 5.75 Å². The topological polar surface area (TPSA) is 69.6 Å². The van der Waals surface area contributed by atoms with Crippen LogP contribution in [0, 0.1) is 6.92 Å². The van der Waals surface area contributed by atoms with Gasteiger partial charge < -0.3 is 15.3 Å². The van der Waals surface area contributed by atoms with Gasteiger partial charge in [0.2, 0.25) is 5.91 Å². The van der Waals surface area contributed by atoms with Crippen LogP contribution in [0.4, 0.5) is 0 Å². The van der Waals surface area contributed by atoms with E-state index in [0.717, 1.165) is 25.7 Å². The highest BCUT2D eigenvalue weighted by Gasteiger charge is 2.39. The molecule has 1 heterocycles. The van der Waals surface area contributed by atoms with E-state index in [9.17, 15) is 14.7 Å². The SMILES string of the molecule is Cc1cccc(C(=O)N2CC(=O)N[C@H]3CCCC[C@H]32)c1O. The Bertz CT molecular complexity index is 585. The number of aryl methyl sites for hydroxylation is 1. The van der Waals surface area contributed by atoms with E-state index < -0.39 is 0 Å². The predicted molar refractivity (Wildman–Crippen MR) is 78.1 cm³/mol. The first-order valence-electron chi connectivity index (χ1n) is 7.47. The summed E-state index contributed by atoms with van der Waals surface area (Å²) < 4.78 is 0. The number of fused-ring (bicyclic) bond motifs is 1. The van der Waals surface area contributed by atoms with Crippen molar-refractivity contribution in [2.24, 2.45) is 0 Å². The zero-order chi connectivity index (χ0) is 15.0. The third-order valence-corrected chi connectivity index (χ3v) is 4.52. The fourth-order valence-corrected chi connectivity index (χ4v) is 3.39. The summed E-state index contributed by atoms with van der Waals surface area (Å²) in [6.45, 7) is 1.84.